The van der Waals surface area contributed by atoms with Crippen molar-refractivity contribution < 1.29 is 9.59 Å². The van der Waals surface area contributed by atoms with Crippen molar-refractivity contribution >= 4 is 11.8 Å². The third-order valence-electron chi connectivity index (χ3n) is 5.92. The first-order valence-electron chi connectivity index (χ1n) is 10.8. The molecule has 0 aliphatic carbocycles. The Bertz CT molecular complexity index is 638. The predicted octanol–water partition coefficient (Wildman–Crippen LogP) is 3.58. The van der Waals surface area contributed by atoms with Crippen LogP contribution in [0.1, 0.15) is 70.0 Å². The van der Waals surface area contributed by atoms with Gasteiger partial charge in [-0.2, -0.15) is 0 Å². The normalized spacial score (nSPS) is 17.7. The summed E-state index contributed by atoms with van der Waals surface area (Å²) in [5.74, 6) is 0.318. The van der Waals surface area contributed by atoms with Crippen LogP contribution in [0.2, 0.25) is 0 Å². The third kappa shape index (κ3) is 6.33. The average molecular weight is 388 g/mol. The third-order valence-corrected chi connectivity index (χ3v) is 5.92. The highest BCUT2D eigenvalue weighted by molar-refractivity contribution is 5.82. The first-order valence-corrected chi connectivity index (χ1v) is 10.8. The molecule has 1 aliphatic heterocycles. The van der Waals surface area contributed by atoms with E-state index in [-0.39, 0.29) is 29.8 Å². The van der Waals surface area contributed by atoms with E-state index in [4.69, 9.17) is 0 Å². The molecule has 0 saturated carbocycles. The summed E-state index contributed by atoms with van der Waals surface area (Å²) >= 11 is 0. The number of hydrogen-bond acceptors (Lipinski definition) is 3. The molecule has 28 heavy (non-hydrogen) atoms. The van der Waals surface area contributed by atoms with Gasteiger partial charge in [0.1, 0.15) is 0 Å². The number of amides is 2. The van der Waals surface area contributed by atoms with Crippen LogP contribution in [0.25, 0.3) is 0 Å². The molecule has 1 heterocycles. The molecule has 1 fully saturated rings. The number of aryl methyl sites for hydroxylation is 1. The number of carbonyl (C=O) groups excluding carboxylic acids is 2. The van der Waals surface area contributed by atoms with Crippen LogP contribution in [-0.2, 0) is 9.59 Å². The zero-order chi connectivity index (χ0) is 20.5. The van der Waals surface area contributed by atoms with Gasteiger partial charge in [0.25, 0.3) is 0 Å². The minimum Gasteiger partial charge on any atom is -0.356 e. The van der Waals surface area contributed by atoms with Gasteiger partial charge >= 0.3 is 0 Å². The van der Waals surface area contributed by atoms with Crippen molar-refractivity contribution in [1.29, 1.82) is 0 Å². The molecule has 1 aliphatic rings. The van der Waals surface area contributed by atoms with Crippen LogP contribution >= 0.6 is 0 Å². The number of rotatable bonds is 9. The molecule has 2 rings (SSSR count). The summed E-state index contributed by atoms with van der Waals surface area (Å²) in [7, 11) is 0. The lowest BCUT2D eigenvalue weighted by molar-refractivity contribution is -0.129. The highest BCUT2D eigenvalue weighted by Crippen LogP contribution is 2.21. The Labute approximate surface area is 170 Å². The Morgan fingerprint density at radius 1 is 1.14 bits per heavy atom. The SMILES string of the molecule is CCCCCNC(=O)C1CCN(C(C)C(=O)NC(C)c2ccccc2C)CC1. The van der Waals surface area contributed by atoms with Crippen LogP contribution in [-0.4, -0.2) is 42.4 Å². The monoisotopic (exact) mass is 387 g/mol. The predicted molar refractivity (Wildman–Crippen MR) is 114 cm³/mol. The van der Waals surface area contributed by atoms with E-state index in [0.29, 0.717) is 0 Å². The molecule has 5 heteroatoms. The van der Waals surface area contributed by atoms with E-state index in [1.807, 2.05) is 26.0 Å². The van der Waals surface area contributed by atoms with E-state index in [0.717, 1.165) is 57.3 Å². The van der Waals surface area contributed by atoms with Crippen molar-refractivity contribution in [2.75, 3.05) is 19.6 Å². The Morgan fingerprint density at radius 3 is 2.46 bits per heavy atom. The van der Waals surface area contributed by atoms with E-state index in [1.54, 1.807) is 0 Å². The maximum Gasteiger partial charge on any atom is 0.237 e. The first-order chi connectivity index (χ1) is 13.4. The van der Waals surface area contributed by atoms with Gasteiger partial charge in [0.2, 0.25) is 11.8 Å². The largest absolute Gasteiger partial charge is 0.356 e. The quantitative estimate of drug-likeness (QED) is 0.637. The standard InChI is InChI=1S/C23H37N3O2/c1-5-6-9-14-24-23(28)20-12-15-26(16-13-20)19(4)22(27)25-18(3)21-11-8-7-10-17(21)2/h7-8,10-11,18-20H,5-6,9,12-16H2,1-4H3,(H,24,28)(H,25,27). The van der Waals surface area contributed by atoms with Gasteiger partial charge in [0.05, 0.1) is 12.1 Å². The van der Waals surface area contributed by atoms with Crippen LogP contribution in [0, 0.1) is 12.8 Å². The van der Waals surface area contributed by atoms with Gasteiger partial charge in [-0.25, -0.2) is 0 Å². The second kappa shape index (κ2) is 11.2. The number of carbonyl (C=O) groups is 2. The minimum absolute atomic E-state index is 0.0115. The summed E-state index contributed by atoms with van der Waals surface area (Å²) in [6, 6.07) is 7.96. The van der Waals surface area contributed by atoms with Crippen LogP contribution in [0.3, 0.4) is 0 Å². The molecule has 1 aromatic carbocycles. The number of piperidine rings is 1. The van der Waals surface area contributed by atoms with Gasteiger partial charge in [-0.1, -0.05) is 44.0 Å². The molecule has 0 spiro atoms. The fourth-order valence-corrected chi connectivity index (χ4v) is 3.93. The lowest BCUT2D eigenvalue weighted by Crippen LogP contribution is -2.50. The Balaban J connectivity index is 1.77. The highest BCUT2D eigenvalue weighted by Gasteiger charge is 2.30. The van der Waals surface area contributed by atoms with Crippen LogP contribution < -0.4 is 10.6 Å². The molecule has 1 aromatic rings. The van der Waals surface area contributed by atoms with Gasteiger partial charge in [0, 0.05) is 12.5 Å². The molecule has 2 atom stereocenters. The number of likely N-dealkylation sites (tertiary alicyclic amines) is 1. The summed E-state index contributed by atoms with van der Waals surface area (Å²) in [6.45, 7) is 10.6. The minimum atomic E-state index is -0.181. The lowest BCUT2D eigenvalue weighted by Gasteiger charge is -2.35. The van der Waals surface area contributed by atoms with Gasteiger partial charge < -0.3 is 10.6 Å². The first kappa shape index (κ1) is 22.4. The summed E-state index contributed by atoms with van der Waals surface area (Å²) in [4.78, 5) is 27.2. The van der Waals surface area contributed by atoms with E-state index < -0.39 is 0 Å². The summed E-state index contributed by atoms with van der Waals surface area (Å²) in [5.41, 5.74) is 2.34. The van der Waals surface area contributed by atoms with Crippen molar-refractivity contribution in [3.05, 3.63) is 35.4 Å². The van der Waals surface area contributed by atoms with Crippen LogP contribution in [0.15, 0.2) is 24.3 Å². The van der Waals surface area contributed by atoms with Gasteiger partial charge in [-0.3, -0.25) is 14.5 Å². The van der Waals surface area contributed by atoms with Crippen molar-refractivity contribution in [3.8, 4) is 0 Å². The van der Waals surface area contributed by atoms with Crippen molar-refractivity contribution in [1.82, 2.24) is 15.5 Å². The summed E-state index contributed by atoms with van der Waals surface area (Å²) in [6.07, 6.45) is 5.02. The number of benzene rings is 1. The Kier molecular flexibility index (Phi) is 8.97. The number of hydrogen-bond donors (Lipinski definition) is 2. The highest BCUT2D eigenvalue weighted by atomic mass is 16.2. The fraction of sp³-hybridized carbons (Fsp3) is 0.652. The van der Waals surface area contributed by atoms with Gasteiger partial charge in [0.15, 0.2) is 0 Å². The Hall–Kier alpha value is -1.88. The van der Waals surface area contributed by atoms with E-state index in [9.17, 15) is 9.59 Å². The van der Waals surface area contributed by atoms with Crippen LogP contribution in [0.5, 0.6) is 0 Å². The molecule has 2 N–H and O–H groups in total. The molecule has 2 unspecified atom stereocenters. The van der Waals surface area contributed by atoms with Crippen molar-refractivity contribution in [2.45, 2.75) is 71.9 Å². The molecular formula is C23H37N3O2. The number of unbranched alkanes of at least 4 members (excludes halogenated alkanes) is 2. The Morgan fingerprint density at radius 2 is 1.82 bits per heavy atom. The molecule has 1 saturated heterocycles. The second-order valence-electron chi connectivity index (χ2n) is 8.07. The smallest absolute Gasteiger partial charge is 0.237 e. The maximum atomic E-state index is 12.7. The molecule has 156 valence electrons. The number of nitrogens with one attached hydrogen (secondary N) is 2. The molecule has 0 aromatic heterocycles. The molecule has 5 nitrogen and oxygen atoms in total. The molecule has 0 radical (unpaired) electrons. The molecule has 2 amide bonds. The maximum absolute atomic E-state index is 12.7. The second-order valence-corrected chi connectivity index (χ2v) is 8.07. The zero-order valence-corrected chi connectivity index (χ0v) is 18.0. The van der Waals surface area contributed by atoms with E-state index in [2.05, 4.69) is 41.5 Å². The van der Waals surface area contributed by atoms with Crippen LogP contribution in [0.4, 0.5) is 0 Å². The summed E-state index contributed by atoms with van der Waals surface area (Å²) < 4.78 is 0. The molecular weight excluding hydrogens is 350 g/mol. The van der Waals surface area contributed by atoms with Gasteiger partial charge in [-0.05, 0) is 64.3 Å². The van der Waals surface area contributed by atoms with E-state index in [1.165, 1.54) is 5.56 Å². The van der Waals surface area contributed by atoms with Crippen molar-refractivity contribution in [3.63, 3.8) is 0 Å². The molecule has 0 bridgehead atoms. The summed E-state index contributed by atoms with van der Waals surface area (Å²) in [5, 5.41) is 6.21. The fourth-order valence-electron chi connectivity index (χ4n) is 3.93. The zero-order valence-electron chi connectivity index (χ0n) is 18.0. The van der Waals surface area contributed by atoms with Gasteiger partial charge in [-0.15, -0.1) is 0 Å². The topological polar surface area (TPSA) is 61.4 Å². The number of nitrogens with zero attached hydrogens (tertiary/aromatic N) is 1. The average Bonchev–Trinajstić information content (AvgIpc) is 2.70. The lowest BCUT2D eigenvalue weighted by atomic mass is 9.94. The van der Waals surface area contributed by atoms with Crippen molar-refractivity contribution in [2.24, 2.45) is 5.92 Å². The van der Waals surface area contributed by atoms with E-state index >= 15 is 0 Å².